The van der Waals surface area contributed by atoms with Crippen LogP contribution in [0.3, 0.4) is 0 Å². The summed E-state index contributed by atoms with van der Waals surface area (Å²) in [4.78, 5) is 18.5. The molecule has 20 heavy (non-hydrogen) atoms. The Morgan fingerprint density at radius 2 is 2.25 bits per heavy atom. The van der Waals surface area contributed by atoms with E-state index in [-0.39, 0.29) is 5.91 Å². The van der Waals surface area contributed by atoms with Gasteiger partial charge in [0.15, 0.2) is 5.82 Å². The van der Waals surface area contributed by atoms with Crippen LogP contribution in [0.2, 0.25) is 0 Å². The highest BCUT2D eigenvalue weighted by molar-refractivity contribution is 9.10. The number of hydrogen-bond donors (Lipinski definition) is 1. The van der Waals surface area contributed by atoms with E-state index in [1.54, 1.807) is 23.1 Å². The number of rotatable bonds is 4. The molecular weight excluding hydrogens is 322 g/mol. The van der Waals surface area contributed by atoms with Gasteiger partial charge in [0.1, 0.15) is 5.69 Å². The summed E-state index contributed by atoms with van der Waals surface area (Å²) in [5, 5.41) is 7.01. The third kappa shape index (κ3) is 2.82. The van der Waals surface area contributed by atoms with E-state index in [2.05, 4.69) is 31.3 Å². The lowest BCUT2D eigenvalue weighted by Gasteiger charge is -2.16. The van der Waals surface area contributed by atoms with Crippen LogP contribution >= 0.6 is 15.9 Å². The Bertz CT molecular complexity index is 623. The molecule has 0 aliphatic heterocycles. The summed E-state index contributed by atoms with van der Waals surface area (Å²) in [5.74, 6) is 0.492. The monoisotopic (exact) mass is 337 g/mol. The molecular formula is C13H16BrN5O. The van der Waals surface area contributed by atoms with Gasteiger partial charge in [0.2, 0.25) is 0 Å². The van der Waals surface area contributed by atoms with Crippen molar-refractivity contribution in [2.24, 2.45) is 0 Å². The van der Waals surface area contributed by atoms with E-state index < -0.39 is 0 Å². The third-order valence-corrected chi connectivity index (χ3v) is 3.35. The molecule has 0 bridgehead atoms. The molecule has 0 saturated carbocycles. The molecule has 0 aliphatic carbocycles. The molecule has 1 amide bonds. The van der Waals surface area contributed by atoms with Gasteiger partial charge >= 0.3 is 0 Å². The Labute approximate surface area is 125 Å². The molecule has 1 N–H and O–H groups in total. The Morgan fingerprint density at radius 3 is 2.90 bits per heavy atom. The van der Waals surface area contributed by atoms with Crippen LogP contribution in [0.1, 0.15) is 17.4 Å². The van der Waals surface area contributed by atoms with E-state index in [1.165, 1.54) is 0 Å². The number of aryl methyl sites for hydroxylation is 1. The first-order chi connectivity index (χ1) is 9.54. The minimum absolute atomic E-state index is 0.215. The molecule has 2 heterocycles. The van der Waals surface area contributed by atoms with Gasteiger partial charge in [-0.1, -0.05) is 0 Å². The van der Waals surface area contributed by atoms with Gasteiger partial charge in [0.05, 0.1) is 16.4 Å². The maximum Gasteiger partial charge on any atom is 0.275 e. The van der Waals surface area contributed by atoms with E-state index in [9.17, 15) is 4.79 Å². The molecule has 6 nitrogen and oxygen atoms in total. The molecule has 0 fully saturated rings. The Kier molecular flexibility index (Phi) is 4.39. The highest BCUT2D eigenvalue weighted by atomic mass is 79.9. The fourth-order valence-corrected chi connectivity index (χ4v) is 2.34. The number of amides is 1. The molecule has 0 spiro atoms. The summed E-state index contributed by atoms with van der Waals surface area (Å²) in [5.41, 5.74) is 1.17. The molecule has 2 aromatic rings. The van der Waals surface area contributed by atoms with Crippen LogP contribution in [-0.2, 0) is 6.54 Å². The van der Waals surface area contributed by atoms with Gasteiger partial charge in [0, 0.05) is 26.8 Å². The largest absolute Gasteiger partial charge is 0.361 e. The van der Waals surface area contributed by atoms with Gasteiger partial charge in [-0.3, -0.25) is 9.48 Å². The number of carbonyl (C=O) groups is 1. The second-order valence-corrected chi connectivity index (χ2v) is 5.23. The fourth-order valence-electron chi connectivity index (χ4n) is 1.86. The van der Waals surface area contributed by atoms with Crippen LogP contribution in [0, 0.1) is 0 Å². The summed E-state index contributed by atoms with van der Waals surface area (Å²) >= 11 is 3.35. The van der Waals surface area contributed by atoms with Gasteiger partial charge in [-0.05, 0) is 35.0 Å². The zero-order valence-electron chi connectivity index (χ0n) is 11.6. The maximum absolute atomic E-state index is 12.4. The minimum atomic E-state index is -0.215. The SMILES string of the molecule is CCn1ncc(Br)c1C(=O)Nc1cccnc1N(C)C. The number of anilines is 2. The van der Waals surface area contributed by atoms with Crippen molar-refractivity contribution in [2.75, 3.05) is 24.3 Å². The van der Waals surface area contributed by atoms with Gasteiger partial charge in [-0.15, -0.1) is 0 Å². The lowest BCUT2D eigenvalue weighted by atomic mass is 10.3. The number of halogens is 1. The standard InChI is InChI=1S/C13H16BrN5O/c1-4-19-11(9(14)8-16-19)13(20)17-10-6-5-7-15-12(10)18(2)3/h5-8H,4H2,1-3H3,(H,17,20). The Morgan fingerprint density at radius 1 is 1.50 bits per heavy atom. The van der Waals surface area contributed by atoms with Crippen molar-refractivity contribution in [3.8, 4) is 0 Å². The molecule has 2 rings (SSSR count). The van der Waals surface area contributed by atoms with Crippen LogP contribution in [0.5, 0.6) is 0 Å². The molecule has 106 valence electrons. The molecule has 0 unspecified atom stereocenters. The van der Waals surface area contributed by atoms with Crippen molar-refractivity contribution in [3.05, 3.63) is 34.7 Å². The van der Waals surface area contributed by atoms with Crippen LogP contribution in [0.4, 0.5) is 11.5 Å². The highest BCUT2D eigenvalue weighted by Crippen LogP contribution is 2.23. The fraction of sp³-hybridized carbons (Fsp3) is 0.308. The van der Waals surface area contributed by atoms with E-state index in [0.29, 0.717) is 28.2 Å². The first-order valence-electron chi connectivity index (χ1n) is 6.19. The van der Waals surface area contributed by atoms with E-state index in [0.717, 1.165) is 0 Å². The lowest BCUT2D eigenvalue weighted by Crippen LogP contribution is -2.20. The van der Waals surface area contributed by atoms with Crippen molar-refractivity contribution in [1.82, 2.24) is 14.8 Å². The number of aromatic nitrogens is 3. The molecule has 2 aromatic heterocycles. The number of nitrogens with one attached hydrogen (secondary N) is 1. The van der Waals surface area contributed by atoms with Crippen LogP contribution in [0.15, 0.2) is 29.0 Å². The number of carbonyl (C=O) groups excluding carboxylic acids is 1. The summed E-state index contributed by atoms with van der Waals surface area (Å²) < 4.78 is 2.32. The first-order valence-corrected chi connectivity index (χ1v) is 6.99. The van der Waals surface area contributed by atoms with Crippen molar-refractivity contribution < 1.29 is 4.79 Å². The minimum Gasteiger partial charge on any atom is -0.361 e. The average molecular weight is 338 g/mol. The average Bonchev–Trinajstić information content (AvgIpc) is 2.80. The van der Waals surface area contributed by atoms with Gasteiger partial charge in [-0.25, -0.2) is 4.98 Å². The predicted octanol–water partition coefficient (Wildman–Crippen LogP) is 2.38. The predicted molar refractivity (Wildman–Crippen MR) is 82.1 cm³/mol. The van der Waals surface area contributed by atoms with Gasteiger partial charge in [-0.2, -0.15) is 5.10 Å². The number of hydrogen-bond acceptors (Lipinski definition) is 4. The molecule has 0 saturated heterocycles. The van der Waals surface area contributed by atoms with Crippen molar-refractivity contribution >= 4 is 33.3 Å². The highest BCUT2D eigenvalue weighted by Gasteiger charge is 2.18. The summed E-state index contributed by atoms with van der Waals surface area (Å²) in [6, 6.07) is 3.61. The zero-order valence-corrected chi connectivity index (χ0v) is 13.2. The lowest BCUT2D eigenvalue weighted by molar-refractivity contribution is 0.101. The van der Waals surface area contributed by atoms with Crippen LogP contribution in [-0.4, -0.2) is 34.8 Å². The van der Waals surface area contributed by atoms with E-state index in [1.807, 2.05) is 32.0 Å². The van der Waals surface area contributed by atoms with Crippen molar-refractivity contribution in [1.29, 1.82) is 0 Å². The third-order valence-electron chi connectivity index (χ3n) is 2.77. The molecule has 0 atom stereocenters. The van der Waals surface area contributed by atoms with Crippen molar-refractivity contribution in [3.63, 3.8) is 0 Å². The normalized spacial score (nSPS) is 10.4. The van der Waals surface area contributed by atoms with Gasteiger partial charge in [0.25, 0.3) is 5.91 Å². The Balaban J connectivity index is 2.31. The van der Waals surface area contributed by atoms with Crippen LogP contribution in [0.25, 0.3) is 0 Å². The Hall–Kier alpha value is -1.89. The second-order valence-electron chi connectivity index (χ2n) is 4.38. The van der Waals surface area contributed by atoms with E-state index in [4.69, 9.17) is 0 Å². The second kappa shape index (κ2) is 6.04. The summed E-state index contributed by atoms with van der Waals surface area (Å²) in [7, 11) is 3.76. The maximum atomic E-state index is 12.4. The smallest absolute Gasteiger partial charge is 0.275 e. The van der Waals surface area contributed by atoms with Crippen LogP contribution < -0.4 is 10.2 Å². The molecule has 0 radical (unpaired) electrons. The summed E-state index contributed by atoms with van der Waals surface area (Å²) in [6.45, 7) is 2.56. The zero-order chi connectivity index (χ0) is 14.7. The molecule has 0 aromatic carbocycles. The topological polar surface area (TPSA) is 63.1 Å². The number of nitrogens with zero attached hydrogens (tertiary/aromatic N) is 4. The molecule has 7 heteroatoms. The quantitative estimate of drug-likeness (QED) is 0.930. The van der Waals surface area contributed by atoms with Gasteiger partial charge < -0.3 is 10.2 Å². The first kappa shape index (κ1) is 14.5. The van der Waals surface area contributed by atoms with Crippen molar-refractivity contribution in [2.45, 2.75) is 13.5 Å². The number of pyridine rings is 1. The molecule has 0 aliphatic rings. The summed E-state index contributed by atoms with van der Waals surface area (Å²) in [6.07, 6.45) is 3.31. The van der Waals surface area contributed by atoms with E-state index >= 15 is 0 Å².